The van der Waals surface area contributed by atoms with Crippen molar-refractivity contribution in [2.75, 3.05) is 32.6 Å². The van der Waals surface area contributed by atoms with Crippen LogP contribution in [0.25, 0.3) is 0 Å². The smallest absolute Gasteiger partial charge is 0.293 e. The SMILES string of the molecule is COc1cc2c(cc1OC)C(c1ccccc1)N(CC(=O)Nc1c([N+](=O)[O-])ccc(C)c1C)CC2. The molecule has 3 aromatic rings. The predicted molar refractivity (Wildman–Crippen MR) is 134 cm³/mol. The number of nitrogens with zero attached hydrogens (tertiary/aromatic N) is 2. The lowest BCUT2D eigenvalue weighted by Crippen LogP contribution is -2.41. The van der Waals surface area contributed by atoms with Crippen LogP contribution >= 0.6 is 0 Å². The van der Waals surface area contributed by atoms with Crippen molar-refractivity contribution in [3.05, 3.63) is 92.5 Å². The molecule has 1 N–H and O–H groups in total. The first-order valence-electron chi connectivity index (χ1n) is 11.4. The van der Waals surface area contributed by atoms with Crippen LogP contribution in [0.4, 0.5) is 11.4 Å². The summed E-state index contributed by atoms with van der Waals surface area (Å²) < 4.78 is 11.0. The second-order valence-electron chi connectivity index (χ2n) is 8.65. The van der Waals surface area contributed by atoms with E-state index in [9.17, 15) is 14.9 Å². The first-order valence-corrected chi connectivity index (χ1v) is 11.4. The minimum Gasteiger partial charge on any atom is -0.493 e. The lowest BCUT2D eigenvalue weighted by molar-refractivity contribution is -0.384. The molecular formula is C27H29N3O5. The Morgan fingerprint density at radius 2 is 1.77 bits per heavy atom. The Labute approximate surface area is 204 Å². The summed E-state index contributed by atoms with van der Waals surface area (Å²) in [7, 11) is 3.22. The molecule has 1 aliphatic heterocycles. The summed E-state index contributed by atoms with van der Waals surface area (Å²) in [5, 5.41) is 14.4. The van der Waals surface area contributed by atoms with Crippen molar-refractivity contribution >= 4 is 17.3 Å². The van der Waals surface area contributed by atoms with Crippen LogP contribution in [0.3, 0.4) is 0 Å². The number of nitro groups is 1. The number of fused-ring (bicyclic) bond motifs is 1. The maximum atomic E-state index is 13.2. The molecule has 0 bridgehead atoms. The second kappa shape index (κ2) is 10.1. The van der Waals surface area contributed by atoms with Crippen LogP contribution in [-0.4, -0.2) is 43.0 Å². The summed E-state index contributed by atoms with van der Waals surface area (Å²) in [6.07, 6.45) is 0.732. The van der Waals surface area contributed by atoms with Crippen LogP contribution in [-0.2, 0) is 11.2 Å². The largest absolute Gasteiger partial charge is 0.493 e. The topological polar surface area (TPSA) is 93.9 Å². The van der Waals surface area contributed by atoms with E-state index >= 15 is 0 Å². The average molecular weight is 476 g/mol. The third-order valence-electron chi connectivity index (χ3n) is 6.61. The number of methoxy groups -OCH3 is 2. The number of carbonyl (C=O) groups is 1. The number of anilines is 1. The van der Waals surface area contributed by atoms with Crippen LogP contribution in [0.5, 0.6) is 11.5 Å². The van der Waals surface area contributed by atoms with Gasteiger partial charge in [0, 0.05) is 12.6 Å². The molecule has 1 unspecified atom stereocenters. The Morgan fingerprint density at radius 1 is 1.09 bits per heavy atom. The van der Waals surface area contributed by atoms with Gasteiger partial charge >= 0.3 is 0 Å². The van der Waals surface area contributed by atoms with Crippen LogP contribution in [0.1, 0.15) is 33.9 Å². The van der Waals surface area contributed by atoms with Crippen molar-refractivity contribution in [1.29, 1.82) is 0 Å². The van der Waals surface area contributed by atoms with E-state index in [0.717, 1.165) is 28.7 Å². The molecule has 1 heterocycles. The molecule has 35 heavy (non-hydrogen) atoms. The van der Waals surface area contributed by atoms with Crippen molar-refractivity contribution < 1.29 is 19.2 Å². The molecule has 1 amide bonds. The lowest BCUT2D eigenvalue weighted by Gasteiger charge is -2.37. The number of ether oxygens (including phenoxy) is 2. The number of aryl methyl sites for hydroxylation is 1. The molecule has 0 aliphatic carbocycles. The highest BCUT2D eigenvalue weighted by molar-refractivity contribution is 5.95. The van der Waals surface area contributed by atoms with Gasteiger partial charge in [-0.3, -0.25) is 19.8 Å². The van der Waals surface area contributed by atoms with E-state index in [1.54, 1.807) is 27.2 Å². The molecule has 8 nitrogen and oxygen atoms in total. The van der Waals surface area contributed by atoms with E-state index < -0.39 is 4.92 Å². The van der Waals surface area contributed by atoms with Crippen molar-refractivity contribution in [3.63, 3.8) is 0 Å². The summed E-state index contributed by atoms with van der Waals surface area (Å²) in [6, 6.07) is 16.9. The number of hydrogen-bond acceptors (Lipinski definition) is 6. The maximum absolute atomic E-state index is 13.2. The number of rotatable bonds is 7. The fourth-order valence-corrected chi connectivity index (χ4v) is 4.67. The molecule has 182 valence electrons. The summed E-state index contributed by atoms with van der Waals surface area (Å²) in [5.74, 6) is 1.00. The molecule has 0 saturated heterocycles. The van der Waals surface area contributed by atoms with E-state index in [0.29, 0.717) is 23.6 Å². The van der Waals surface area contributed by atoms with Crippen LogP contribution in [0.2, 0.25) is 0 Å². The molecule has 4 rings (SSSR count). The molecule has 1 aliphatic rings. The Balaban J connectivity index is 1.68. The zero-order chi connectivity index (χ0) is 25.1. The van der Waals surface area contributed by atoms with Gasteiger partial charge < -0.3 is 14.8 Å². The number of benzene rings is 3. The normalized spacial score (nSPS) is 15.3. The Kier molecular flexibility index (Phi) is 7.02. The van der Waals surface area contributed by atoms with Gasteiger partial charge in [-0.25, -0.2) is 0 Å². The van der Waals surface area contributed by atoms with Gasteiger partial charge in [-0.05, 0) is 60.2 Å². The first kappa shape index (κ1) is 24.2. The summed E-state index contributed by atoms with van der Waals surface area (Å²) >= 11 is 0. The maximum Gasteiger partial charge on any atom is 0.293 e. The second-order valence-corrected chi connectivity index (χ2v) is 8.65. The Morgan fingerprint density at radius 3 is 2.43 bits per heavy atom. The molecule has 0 radical (unpaired) electrons. The zero-order valence-electron chi connectivity index (χ0n) is 20.3. The van der Waals surface area contributed by atoms with Crippen LogP contribution in [0.15, 0.2) is 54.6 Å². The minimum absolute atomic E-state index is 0.0812. The Hall–Kier alpha value is -3.91. The molecular weight excluding hydrogens is 446 g/mol. The highest BCUT2D eigenvalue weighted by Gasteiger charge is 2.32. The van der Waals surface area contributed by atoms with Gasteiger partial charge in [0.15, 0.2) is 11.5 Å². The van der Waals surface area contributed by atoms with E-state index in [2.05, 4.69) is 10.2 Å². The molecule has 8 heteroatoms. The van der Waals surface area contributed by atoms with Crippen molar-refractivity contribution in [3.8, 4) is 11.5 Å². The highest BCUT2D eigenvalue weighted by Crippen LogP contribution is 2.41. The van der Waals surface area contributed by atoms with E-state index in [-0.39, 0.29) is 29.9 Å². The number of amides is 1. The number of carbonyl (C=O) groups excluding carboxylic acids is 1. The molecule has 0 saturated carbocycles. The van der Waals surface area contributed by atoms with Gasteiger partial charge in [0.25, 0.3) is 5.69 Å². The Bertz CT molecular complexity index is 1260. The van der Waals surface area contributed by atoms with Gasteiger partial charge in [0.2, 0.25) is 5.91 Å². The van der Waals surface area contributed by atoms with Gasteiger partial charge in [-0.15, -0.1) is 0 Å². The van der Waals surface area contributed by atoms with E-state index in [1.165, 1.54) is 6.07 Å². The summed E-state index contributed by atoms with van der Waals surface area (Å²) in [4.78, 5) is 26.4. The van der Waals surface area contributed by atoms with Gasteiger partial charge in [0.05, 0.1) is 31.7 Å². The first-order chi connectivity index (χ1) is 16.8. The fraction of sp³-hybridized carbons (Fsp3) is 0.296. The third-order valence-corrected chi connectivity index (χ3v) is 6.61. The predicted octanol–water partition coefficient (Wildman–Crippen LogP) is 4.82. The molecule has 1 atom stereocenters. The van der Waals surface area contributed by atoms with Crippen LogP contribution in [0, 0.1) is 24.0 Å². The van der Waals surface area contributed by atoms with Gasteiger partial charge in [-0.2, -0.15) is 0 Å². The van der Waals surface area contributed by atoms with Crippen molar-refractivity contribution in [2.45, 2.75) is 26.3 Å². The highest BCUT2D eigenvalue weighted by atomic mass is 16.6. The molecule has 3 aromatic carbocycles. The number of nitro benzene ring substituents is 1. The van der Waals surface area contributed by atoms with E-state index in [1.807, 2.05) is 49.4 Å². The fourth-order valence-electron chi connectivity index (χ4n) is 4.67. The molecule has 0 fully saturated rings. The summed E-state index contributed by atoms with van der Waals surface area (Å²) in [5.41, 5.74) is 4.94. The van der Waals surface area contributed by atoms with Gasteiger partial charge in [0.1, 0.15) is 5.69 Å². The average Bonchev–Trinajstić information content (AvgIpc) is 2.86. The van der Waals surface area contributed by atoms with Gasteiger partial charge in [-0.1, -0.05) is 36.4 Å². The zero-order valence-corrected chi connectivity index (χ0v) is 20.3. The van der Waals surface area contributed by atoms with Crippen molar-refractivity contribution in [1.82, 2.24) is 4.90 Å². The van der Waals surface area contributed by atoms with Crippen LogP contribution < -0.4 is 14.8 Å². The standard InChI is InChI=1S/C27H29N3O5/c1-17-10-11-22(30(32)33)26(18(17)2)28-25(31)16-29-13-12-20-14-23(34-3)24(35-4)15-21(20)27(29)19-8-6-5-7-9-19/h5-11,14-15,27H,12-13,16H2,1-4H3,(H,28,31). The third kappa shape index (κ3) is 4.83. The lowest BCUT2D eigenvalue weighted by atomic mass is 9.87. The number of hydrogen-bond donors (Lipinski definition) is 1. The minimum atomic E-state index is -0.467. The summed E-state index contributed by atoms with van der Waals surface area (Å²) in [6.45, 7) is 4.37. The van der Waals surface area contributed by atoms with Crippen molar-refractivity contribution in [2.24, 2.45) is 0 Å². The number of nitrogens with one attached hydrogen (secondary N) is 1. The monoisotopic (exact) mass is 475 g/mol. The molecule has 0 spiro atoms. The molecule has 0 aromatic heterocycles. The quantitative estimate of drug-likeness (QED) is 0.389. The van der Waals surface area contributed by atoms with E-state index in [4.69, 9.17) is 9.47 Å².